The summed E-state index contributed by atoms with van der Waals surface area (Å²) >= 11 is 13.3. The predicted molar refractivity (Wildman–Crippen MR) is 130 cm³/mol. The summed E-state index contributed by atoms with van der Waals surface area (Å²) in [5.74, 6) is 0.308. The van der Waals surface area contributed by atoms with Crippen LogP contribution in [0.1, 0.15) is 0 Å². The number of thioether (sulfide) groups is 1. The smallest absolute Gasteiger partial charge is 0.266 e. The summed E-state index contributed by atoms with van der Waals surface area (Å²) in [6, 6.07) is 19.2. The van der Waals surface area contributed by atoms with Gasteiger partial charge in [-0.15, -0.1) is 0 Å². The zero-order chi connectivity index (χ0) is 22.7. The lowest BCUT2D eigenvalue weighted by molar-refractivity contribution is -0.113. The van der Waals surface area contributed by atoms with Crippen molar-refractivity contribution in [1.29, 1.82) is 0 Å². The van der Waals surface area contributed by atoms with Crippen molar-refractivity contribution in [2.45, 2.75) is 5.16 Å². The summed E-state index contributed by atoms with van der Waals surface area (Å²) in [6.45, 7) is 0. The zero-order valence-corrected chi connectivity index (χ0v) is 19.2. The van der Waals surface area contributed by atoms with Crippen LogP contribution >= 0.6 is 35.0 Å². The lowest BCUT2D eigenvalue weighted by atomic mass is 10.2. The van der Waals surface area contributed by atoms with Crippen molar-refractivity contribution >= 4 is 57.5 Å². The fourth-order valence-corrected chi connectivity index (χ4v) is 4.26. The summed E-state index contributed by atoms with van der Waals surface area (Å²) in [4.78, 5) is 30.5. The maximum absolute atomic E-state index is 13.3. The molecule has 0 unspecified atom stereocenters. The molecule has 0 aliphatic heterocycles. The molecular formula is C23H17Cl2N3O3S. The third kappa shape index (κ3) is 4.60. The maximum atomic E-state index is 13.3. The summed E-state index contributed by atoms with van der Waals surface area (Å²) in [7, 11) is 1.56. The van der Waals surface area contributed by atoms with E-state index in [1.165, 1.54) is 4.57 Å². The SMILES string of the molecule is COc1cccc(-n2c(SCC(=O)Nc3cccc(Cl)c3Cl)nc3ccccc3c2=O)c1. The number of halogens is 2. The standard InChI is InChI=1S/C23H17Cl2N3O3S/c1-31-15-7-4-6-14(12-15)28-22(30)16-8-2-3-10-18(16)27-23(28)32-13-20(29)26-19-11-5-9-17(24)21(19)25/h2-12H,13H2,1H3,(H,26,29). The topological polar surface area (TPSA) is 73.2 Å². The van der Waals surface area contributed by atoms with Crippen LogP contribution in [0.5, 0.6) is 5.75 Å². The van der Waals surface area contributed by atoms with Crippen LogP contribution in [0.25, 0.3) is 16.6 Å². The van der Waals surface area contributed by atoms with Crippen LogP contribution in [0.3, 0.4) is 0 Å². The highest BCUT2D eigenvalue weighted by molar-refractivity contribution is 7.99. The molecule has 4 rings (SSSR count). The number of amides is 1. The number of benzene rings is 3. The number of carbonyl (C=O) groups excluding carboxylic acids is 1. The van der Waals surface area contributed by atoms with Gasteiger partial charge in [0.2, 0.25) is 5.91 Å². The third-order valence-electron chi connectivity index (χ3n) is 4.61. The van der Waals surface area contributed by atoms with Crippen molar-refractivity contribution in [3.8, 4) is 11.4 Å². The highest BCUT2D eigenvalue weighted by Gasteiger charge is 2.16. The van der Waals surface area contributed by atoms with Crippen molar-refractivity contribution in [2.75, 3.05) is 18.2 Å². The summed E-state index contributed by atoms with van der Waals surface area (Å²) in [5.41, 5.74) is 1.33. The molecular weight excluding hydrogens is 469 g/mol. The molecule has 1 aromatic heterocycles. The van der Waals surface area contributed by atoms with Crippen LogP contribution in [-0.2, 0) is 4.79 Å². The normalized spacial score (nSPS) is 10.8. The molecule has 162 valence electrons. The largest absolute Gasteiger partial charge is 0.497 e. The number of carbonyl (C=O) groups is 1. The number of hydrogen-bond donors (Lipinski definition) is 1. The molecule has 0 aliphatic carbocycles. The number of fused-ring (bicyclic) bond motifs is 1. The lowest BCUT2D eigenvalue weighted by Crippen LogP contribution is -2.23. The minimum Gasteiger partial charge on any atom is -0.497 e. The summed E-state index contributed by atoms with van der Waals surface area (Å²) in [5, 5.41) is 4.22. The van der Waals surface area contributed by atoms with Crippen molar-refractivity contribution in [2.24, 2.45) is 0 Å². The van der Waals surface area contributed by atoms with E-state index in [2.05, 4.69) is 10.3 Å². The van der Waals surface area contributed by atoms with Gasteiger partial charge in [0.1, 0.15) is 5.75 Å². The van der Waals surface area contributed by atoms with E-state index < -0.39 is 0 Å². The quantitative estimate of drug-likeness (QED) is 0.291. The molecule has 4 aromatic rings. The minimum absolute atomic E-state index is 0.0115. The first-order valence-electron chi connectivity index (χ1n) is 9.51. The second kappa shape index (κ2) is 9.65. The van der Waals surface area contributed by atoms with Crippen LogP contribution in [0.15, 0.2) is 76.7 Å². The number of anilines is 1. The van der Waals surface area contributed by atoms with Crippen molar-refractivity contribution in [1.82, 2.24) is 9.55 Å². The number of aromatic nitrogens is 2. The summed E-state index contributed by atoms with van der Waals surface area (Å²) < 4.78 is 6.78. The second-order valence-corrected chi connectivity index (χ2v) is 8.42. The van der Waals surface area contributed by atoms with Gasteiger partial charge in [-0.05, 0) is 36.4 Å². The lowest BCUT2D eigenvalue weighted by Gasteiger charge is -2.14. The molecule has 0 atom stereocenters. The molecule has 1 amide bonds. The van der Waals surface area contributed by atoms with E-state index >= 15 is 0 Å². The molecule has 0 fully saturated rings. The van der Waals surface area contributed by atoms with Crippen molar-refractivity contribution in [3.05, 3.63) is 87.1 Å². The molecule has 0 saturated heterocycles. The number of nitrogens with zero attached hydrogens (tertiary/aromatic N) is 2. The fourth-order valence-electron chi connectivity index (χ4n) is 3.10. The van der Waals surface area contributed by atoms with Gasteiger partial charge >= 0.3 is 0 Å². The molecule has 0 radical (unpaired) electrons. The van der Waals surface area contributed by atoms with E-state index in [9.17, 15) is 9.59 Å². The Morgan fingerprint density at radius 3 is 2.69 bits per heavy atom. The number of hydrogen-bond acceptors (Lipinski definition) is 5. The summed E-state index contributed by atoms with van der Waals surface area (Å²) in [6.07, 6.45) is 0. The van der Waals surface area contributed by atoms with Crippen LogP contribution in [0.4, 0.5) is 5.69 Å². The Hall–Kier alpha value is -3.00. The molecule has 0 aliphatic rings. The van der Waals surface area contributed by atoms with Gasteiger partial charge in [-0.25, -0.2) is 4.98 Å². The molecule has 0 bridgehead atoms. The molecule has 0 saturated carbocycles. The van der Waals surface area contributed by atoms with E-state index in [4.69, 9.17) is 27.9 Å². The Labute approximate surface area is 198 Å². The first-order valence-corrected chi connectivity index (χ1v) is 11.2. The first kappa shape index (κ1) is 22.2. The van der Waals surface area contributed by atoms with Gasteiger partial charge in [-0.2, -0.15) is 0 Å². The van der Waals surface area contributed by atoms with Crippen LogP contribution < -0.4 is 15.6 Å². The number of ether oxygens (including phenoxy) is 1. The Morgan fingerprint density at radius 1 is 1.09 bits per heavy atom. The number of methoxy groups -OCH3 is 1. The maximum Gasteiger partial charge on any atom is 0.266 e. The van der Waals surface area contributed by atoms with E-state index in [1.807, 2.05) is 6.07 Å². The van der Waals surface area contributed by atoms with Gasteiger partial charge in [0.15, 0.2) is 5.16 Å². The van der Waals surface area contributed by atoms with Gasteiger partial charge in [0.05, 0.1) is 45.2 Å². The number of rotatable bonds is 6. The van der Waals surface area contributed by atoms with Crippen molar-refractivity contribution < 1.29 is 9.53 Å². The number of nitrogens with one attached hydrogen (secondary N) is 1. The first-order chi connectivity index (χ1) is 15.5. The molecule has 0 spiro atoms. The predicted octanol–water partition coefficient (Wildman–Crippen LogP) is 5.43. The molecule has 1 heterocycles. The third-order valence-corrected chi connectivity index (χ3v) is 6.37. The Balaban J connectivity index is 1.69. The number of para-hydroxylation sites is 1. The van der Waals surface area contributed by atoms with Crippen molar-refractivity contribution in [3.63, 3.8) is 0 Å². The van der Waals surface area contributed by atoms with Crippen LogP contribution in [0, 0.1) is 0 Å². The molecule has 1 N–H and O–H groups in total. The monoisotopic (exact) mass is 485 g/mol. The molecule has 32 heavy (non-hydrogen) atoms. The van der Waals surface area contributed by atoms with Crippen LogP contribution in [0.2, 0.25) is 10.0 Å². The van der Waals surface area contributed by atoms with E-state index in [0.717, 1.165) is 11.8 Å². The van der Waals surface area contributed by atoms with E-state index in [0.29, 0.717) is 38.2 Å². The second-order valence-electron chi connectivity index (χ2n) is 6.69. The van der Waals surface area contributed by atoms with Gasteiger partial charge in [-0.3, -0.25) is 14.2 Å². The average molecular weight is 486 g/mol. The highest BCUT2D eigenvalue weighted by Crippen LogP contribution is 2.30. The Kier molecular flexibility index (Phi) is 6.69. The average Bonchev–Trinajstić information content (AvgIpc) is 2.81. The van der Waals surface area contributed by atoms with E-state index in [-0.39, 0.29) is 22.2 Å². The van der Waals surface area contributed by atoms with Crippen LogP contribution in [-0.4, -0.2) is 28.3 Å². The minimum atomic E-state index is -0.307. The zero-order valence-electron chi connectivity index (χ0n) is 16.8. The molecule has 3 aromatic carbocycles. The molecule has 9 heteroatoms. The van der Waals surface area contributed by atoms with Gasteiger partial charge in [0.25, 0.3) is 5.56 Å². The Morgan fingerprint density at radius 2 is 1.88 bits per heavy atom. The van der Waals surface area contributed by atoms with Gasteiger partial charge in [-0.1, -0.05) is 59.2 Å². The van der Waals surface area contributed by atoms with Gasteiger partial charge < -0.3 is 10.1 Å². The van der Waals surface area contributed by atoms with Gasteiger partial charge in [0, 0.05) is 6.07 Å². The molecule has 6 nitrogen and oxygen atoms in total. The van der Waals surface area contributed by atoms with E-state index in [1.54, 1.807) is 67.8 Å². The Bertz CT molecular complexity index is 1370. The fraction of sp³-hybridized carbons (Fsp3) is 0.0870. The highest BCUT2D eigenvalue weighted by atomic mass is 35.5.